The number of ether oxygens (including phenoxy) is 1. The van der Waals surface area contributed by atoms with Crippen LogP contribution in [-0.2, 0) is 37.3 Å². The Morgan fingerprint density at radius 3 is 2.69 bits per heavy atom. The number of aryl methyl sites for hydroxylation is 2. The minimum Gasteiger partial charge on any atom is -0.374 e. The van der Waals surface area contributed by atoms with Crippen LogP contribution < -0.4 is 10.6 Å². The molecule has 0 saturated carbocycles. The number of nitrogens with zero attached hydrogens (tertiary/aromatic N) is 4. The Balaban J connectivity index is 1.87. The molecule has 7 nitrogen and oxygen atoms in total. The Hall–Kier alpha value is -1.99. The third-order valence-corrected chi connectivity index (χ3v) is 4.93. The first kappa shape index (κ1) is 18.8. The Bertz CT molecular complexity index is 755. The summed E-state index contributed by atoms with van der Waals surface area (Å²) in [4.78, 5) is 9.51. The molecule has 26 heavy (non-hydrogen) atoms. The lowest BCUT2D eigenvalue weighted by atomic mass is 10.1. The van der Waals surface area contributed by atoms with E-state index in [0.717, 1.165) is 62.1 Å². The Kier molecular flexibility index (Phi) is 6.21. The van der Waals surface area contributed by atoms with Crippen LogP contribution in [0.1, 0.15) is 47.9 Å². The van der Waals surface area contributed by atoms with Crippen molar-refractivity contribution >= 4 is 5.82 Å². The van der Waals surface area contributed by atoms with Crippen molar-refractivity contribution in [3.8, 4) is 0 Å². The van der Waals surface area contributed by atoms with E-state index in [4.69, 9.17) is 14.7 Å². The maximum atomic E-state index is 5.53. The van der Waals surface area contributed by atoms with E-state index in [2.05, 4.69) is 41.2 Å². The van der Waals surface area contributed by atoms with E-state index >= 15 is 0 Å². The second kappa shape index (κ2) is 8.60. The van der Waals surface area contributed by atoms with Crippen LogP contribution in [0.2, 0.25) is 0 Å². The summed E-state index contributed by atoms with van der Waals surface area (Å²) in [6, 6.07) is 0. The maximum absolute atomic E-state index is 5.53. The summed E-state index contributed by atoms with van der Waals surface area (Å²) in [7, 11) is 0. The average Bonchev–Trinajstić information content (AvgIpc) is 2.80. The van der Waals surface area contributed by atoms with Gasteiger partial charge in [-0.3, -0.25) is 4.68 Å². The highest BCUT2D eigenvalue weighted by atomic mass is 16.5. The summed E-state index contributed by atoms with van der Waals surface area (Å²) in [5, 5.41) is 11.6. The van der Waals surface area contributed by atoms with Crippen molar-refractivity contribution in [1.82, 2.24) is 25.1 Å². The van der Waals surface area contributed by atoms with Gasteiger partial charge < -0.3 is 15.4 Å². The van der Waals surface area contributed by atoms with Crippen molar-refractivity contribution in [3.05, 3.63) is 34.0 Å². The zero-order valence-electron chi connectivity index (χ0n) is 16.4. The summed E-state index contributed by atoms with van der Waals surface area (Å²) in [5.41, 5.74) is 5.91. The van der Waals surface area contributed by atoms with Gasteiger partial charge in [-0.2, -0.15) is 5.10 Å². The van der Waals surface area contributed by atoms with Crippen molar-refractivity contribution in [1.29, 1.82) is 0 Å². The molecular weight excluding hydrogens is 328 g/mol. The summed E-state index contributed by atoms with van der Waals surface area (Å²) in [6.45, 7) is 13.0. The van der Waals surface area contributed by atoms with Gasteiger partial charge in [-0.15, -0.1) is 0 Å². The summed E-state index contributed by atoms with van der Waals surface area (Å²) in [5.74, 6) is 1.70. The molecule has 3 heterocycles. The molecule has 0 fully saturated rings. The molecule has 0 saturated heterocycles. The highest BCUT2D eigenvalue weighted by molar-refractivity contribution is 5.48. The number of hydrogen-bond acceptors (Lipinski definition) is 6. The molecule has 2 aromatic heterocycles. The highest BCUT2D eigenvalue weighted by Gasteiger charge is 2.18. The third kappa shape index (κ3) is 4.04. The van der Waals surface area contributed by atoms with Crippen molar-refractivity contribution in [2.24, 2.45) is 0 Å². The smallest absolute Gasteiger partial charge is 0.156 e. The first-order valence-electron chi connectivity index (χ1n) is 9.57. The molecule has 142 valence electrons. The zero-order chi connectivity index (χ0) is 18.5. The predicted octanol–water partition coefficient (Wildman–Crippen LogP) is 2.15. The molecule has 0 amide bonds. The molecule has 1 aliphatic heterocycles. The molecule has 0 spiro atoms. The van der Waals surface area contributed by atoms with Gasteiger partial charge in [0, 0.05) is 49.5 Å². The van der Waals surface area contributed by atoms with Gasteiger partial charge in [0.1, 0.15) is 12.4 Å². The molecule has 0 bridgehead atoms. The van der Waals surface area contributed by atoms with Gasteiger partial charge in [-0.1, -0.05) is 0 Å². The van der Waals surface area contributed by atoms with Gasteiger partial charge in [-0.25, -0.2) is 9.97 Å². The Morgan fingerprint density at radius 2 is 1.96 bits per heavy atom. The van der Waals surface area contributed by atoms with Crippen LogP contribution in [0, 0.1) is 13.8 Å². The molecule has 7 heteroatoms. The van der Waals surface area contributed by atoms with Gasteiger partial charge in [-0.05, 0) is 40.7 Å². The SMILES string of the molecule is CCOCc1nc2c(c(NCc3c(C)nn(CC)c3C)n1)CCNCC2. The standard InChI is InChI=1S/C19H30N6O/c1-5-25-14(4)16(13(3)24-25)11-21-19-15-7-9-20-10-8-17(15)22-18(23-19)12-26-6-2/h20H,5-12H2,1-4H3,(H,21,22,23). The molecule has 2 N–H and O–H groups in total. The van der Waals surface area contributed by atoms with Crippen LogP contribution >= 0.6 is 0 Å². The van der Waals surface area contributed by atoms with Crippen molar-refractivity contribution in [3.63, 3.8) is 0 Å². The molecule has 3 rings (SSSR count). The number of nitrogens with one attached hydrogen (secondary N) is 2. The summed E-state index contributed by atoms with van der Waals surface area (Å²) < 4.78 is 7.59. The number of rotatable bonds is 7. The van der Waals surface area contributed by atoms with Crippen molar-refractivity contribution in [2.45, 2.75) is 60.2 Å². The molecule has 0 aromatic carbocycles. The molecule has 0 unspecified atom stereocenters. The monoisotopic (exact) mass is 358 g/mol. The number of hydrogen-bond donors (Lipinski definition) is 2. The average molecular weight is 358 g/mol. The van der Waals surface area contributed by atoms with Gasteiger partial charge in [0.2, 0.25) is 0 Å². The zero-order valence-corrected chi connectivity index (χ0v) is 16.4. The topological polar surface area (TPSA) is 76.9 Å². The lowest BCUT2D eigenvalue weighted by molar-refractivity contribution is 0.128. The van der Waals surface area contributed by atoms with Crippen molar-refractivity contribution in [2.75, 3.05) is 25.0 Å². The largest absolute Gasteiger partial charge is 0.374 e. The van der Waals surface area contributed by atoms with Crippen LogP contribution in [0.3, 0.4) is 0 Å². The fraction of sp³-hybridized carbons (Fsp3) is 0.632. The van der Waals surface area contributed by atoms with Crippen molar-refractivity contribution < 1.29 is 4.74 Å². The fourth-order valence-corrected chi connectivity index (χ4v) is 3.47. The number of aromatic nitrogens is 4. The normalized spacial score (nSPS) is 14.2. The van der Waals surface area contributed by atoms with Gasteiger partial charge in [0.15, 0.2) is 5.82 Å². The predicted molar refractivity (Wildman–Crippen MR) is 102 cm³/mol. The van der Waals surface area contributed by atoms with E-state index in [1.54, 1.807) is 0 Å². The fourth-order valence-electron chi connectivity index (χ4n) is 3.47. The molecule has 0 aliphatic carbocycles. The molecule has 1 aliphatic rings. The number of anilines is 1. The van der Waals surface area contributed by atoms with Crippen LogP contribution in [0.25, 0.3) is 0 Å². The first-order chi connectivity index (χ1) is 12.6. The lowest BCUT2D eigenvalue weighted by Crippen LogP contribution is -2.16. The molecule has 2 aromatic rings. The van der Waals surface area contributed by atoms with E-state index in [9.17, 15) is 0 Å². The quantitative estimate of drug-likeness (QED) is 0.790. The van der Waals surface area contributed by atoms with Gasteiger partial charge in [0.05, 0.1) is 11.4 Å². The van der Waals surface area contributed by atoms with Crippen LogP contribution in [0.4, 0.5) is 5.82 Å². The summed E-state index contributed by atoms with van der Waals surface area (Å²) in [6.07, 6.45) is 1.87. The van der Waals surface area contributed by atoms with E-state index in [1.165, 1.54) is 16.8 Å². The van der Waals surface area contributed by atoms with E-state index in [0.29, 0.717) is 13.2 Å². The second-order valence-corrected chi connectivity index (χ2v) is 6.62. The Morgan fingerprint density at radius 1 is 1.15 bits per heavy atom. The number of fused-ring (bicyclic) bond motifs is 1. The third-order valence-electron chi connectivity index (χ3n) is 4.93. The van der Waals surface area contributed by atoms with E-state index in [1.807, 2.05) is 6.92 Å². The summed E-state index contributed by atoms with van der Waals surface area (Å²) >= 11 is 0. The molecule has 0 atom stereocenters. The lowest BCUT2D eigenvalue weighted by Gasteiger charge is -2.15. The molecule has 0 radical (unpaired) electrons. The van der Waals surface area contributed by atoms with Gasteiger partial charge in [0.25, 0.3) is 0 Å². The van der Waals surface area contributed by atoms with Crippen LogP contribution in [0.15, 0.2) is 0 Å². The second-order valence-electron chi connectivity index (χ2n) is 6.62. The maximum Gasteiger partial charge on any atom is 0.156 e. The van der Waals surface area contributed by atoms with Crippen LogP contribution in [0.5, 0.6) is 0 Å². The van der Waals surface area contributed by atoms with Crippen LogP contribution in [-0.4, -0.2) is 39.4 Å². The highest BCUT2D eigenvalue weighted by Crippen LogP contribution is 2.22. The first-order valence-corrected chi connectivity index (χ1v) is 9.57. The van der Waals surface area contributed by atoms with E-state index < -0.39 is 0 Å². The van der Waals surface area contributed by atoms with E-state index in [-0.39, 0.29) is 0 Å². The molecular formula is C19H30N6O. The minimum absolute atomic E-state index is 0.456. The van der Waals surface area contributed by atoms with Gasteiger partial charge >= 0.3 is 0 Å². The minimum atomic E-state index is 0.456. The Labute approximate surface area is 155 Å².